The molecule has 1 aromatic heterocycles. The van der Waals surface area contributed by atoms with Crippen molar-refractivity contribution >= 4 is 27.5 Å². The normalized spacial score (nSPS) is 10.7. The van der Waals surface area contributed by atoms with Crippen molar-refractivity contribution in [1.29, 1.82) is 0 Å². The lowest BCUT2D eigenvalue weighted by atomic mass is 10.2. The topological polar surface area (TPSA) is 22.1 Å². The summed E-state index contributed by atoms with van der Waals surface area (Å²) >= 11 is 8.82. The number of methoxy groups -OCH3 is 1. The first-order chi connectivity index (χ1) is 6.61. The van der Waals surface area contributed by atoms with Gasteiger partial charge in [-0.2, -0.15) is 0 Å². The molecule has 0 radical (unpaired) electrons. The SMILES string of the molecule is COc1c(Cl)cnc(C(F)F)c1CBr. The molecule has 1 heterocycles. The molecule has 0 atom stereocenters. The Bertz CT molecular complexity index is 335. The lowest BCUT2D eigenvalue weighted by Crippen LogP contribution is -2.00. The van der Waals surface area contributed by atoms with E-state index in [0.717, 1.165) is 6.20 Å². The zero-order valence-corrected chi connectivity index (χ0v) is 9.57. The van der Waals surface area contributed by atoms with E-state index < -0.39 is 6.43 Å². The summed E-state index contributed by atoms with van der Waals surface area (Å²) in [6, 6.07) is 0. The molecule has 0 aliphatic rings. The minimum absolute atomic E-state index is 0.226. The molecule has 1 aromatic rings. The standard InChI is InChI=1S/C8H7BrClF2NO/c1-14-7-4(2-9)6(8(11)12)13-3-5(7)10/h3,8H,2H2,1H3. The molecule has 0 fully saturated rings. The minimum atomic E-state index is -2.63. The zero-order chi connectivity index (χ0) is 10.7. The molecule has 0 aliphatic heterocycles. The summed E-state index contributed by atoms with van der Waals surface area (Å²) in [5.74, 6) is 0.244. The van der Waals surface area contributed by atoms with Crippen LogP contribution in [0.15, 0.2) is 6.20 Å². The third-order valence-corrected chi connectivity index (χ3v) is 2.49. The Kier molecular flexibility index (Phi) is 4.07. The second-order valence-electron chi connectivity index (χ2n) is 2.44. The van der Waals surface area contributed by atoms with Gasteiger partial charge in [0.2, 0.25) is 0 Å². The average Bonchev–Trinajstić information content (AvgIpc) is 2.16. The maximum absolute atomic E-state index is 12.5. The van der Waals surface area contributed by atoms with E-state index in [-0.39, 0.29) is 27.4 Å². The van der Waals surface area contributed by atoms with Gasteiger partial charge in [0, 0.05) is 17.1 Å². The van der Waals surface area contributed by atoms with Crippen molar-refractivity contribution in [3.05, 3.63) is 22.5 Å². The molecule has 14 heavy (non-hydrogen) atoms. The summed E-state index contributed by atoms with van der Waals surface area (Å²) in [7, 11) is 1.38. The molecule has 2 nitrogen and oxygen atoms in total. The molecule has 78 valence electrons. The number of alkyl halides is 3. The maximum atomic E-state index is 12.5. The fraction of sp³-hybridized carbons (Fsp3) is 0.375. The predicted octanol–water partition coefficient (Wildman–Crippen LogP) is 3.58. The highest BCUT2D eigenvalue weighted by Crippen LogP contribution is 2.34. The van der Waals surface area contributed by atoms with Crippen LogP contribution in [0.25, 0.3) is 0 Å². The fourth-order valence-electron chi connectivity index (χ4n) is 1.06. The smallest absolute Gasteiger partial charge is 0.280 e. The van der Waals surface area contributed by atoms with Crippen LogP contribution in [0, 0.1) is 0 Å². The van der Waals surface area contributed by atoms with E-state index in [2.05, 4.69) is 20.9 Å². The number of halogens is 4. The molecule has 0 N–H and O–H groups in total. The second kappa shape index (κ2) is 4.89. The average molecular weight is 287 g/mol. The molecule has 1 rings (SSSR count). The Labute approximate surface area is 93.4 Å². The van der Waals surface area contributed by atoms with Crippen LogP contribution in [-0.2, 0) is 5.33 Å². The summed E-state index contributed by atoms with van der Waals surface area (Å²) < 4.78 is 29.9. The van der Waals surface area contributed by atoms with Gasteiger partial charge in [0.15, 0.2) is 0 Å². The van der Waals surface area contributed by atoms with Gasteiger partial charge >= 0.3 is 0 Å². The molecule has 0 bridgehead atoms. The largest absolute Gasteiger partial charge is 0.495 e. The summed E-state index contributed by atoms with van der Waals surface area (Å²) in [6.07, 6.45) is -1.47. The highest BCUT2D eigenvalue weighted by Gasteiger charge is 2.19. The van der Waals surface area contributed by atoms with Gasteiger partial charge < -0.3 is 4.74 Å². The Morgan fingerprint density at radius 2 is 2.29 bits per heavy atom. The van der Waals surface area contributed by atoms with Crippen molar-refractivity contribution in [3.63, 3.8) is 0 Å². The van der Waals surface area contributed by atoms with Crippen molar-refractivity contribution in [1.82, 2.24) is 4.98 Å². The van der Waals surface area contributed by atoms with Crippen molar-refractivity contribution < 1.29 is 13.5 Å². The number of hydrogen-bond acceptors (Lipinski definition) is 2. The Morgan fingerprint density at radius 3 is 2.71 bits per heavy atom. The van der Waals surface area contributed by atoms with Gasteiger partial charge in [0.1, 0.15) is 16.5 Å². The molecular weight excluding hydrogens is 279 g/mol. The van der Waals surface area contributed by atoms with E-state index in [0.29, 0.717) is 0 Å². The Morgan fingerprint density at radius 1 is 1.64 bits per heavy atom. The van der Waals surface area contributed by atoms with Crippen LogP contribution in [0.3, 0.4) is 0 Å². The van der Waals surface area contributed by atoms with Crippen LogP contribution in [-0.4, -0.2) is 12.1 Å². The number of hydrogen-bond donors (Lipinski definition) is 0. The van der Waals surface area contributed by atoms with Gasteiger partial charge in [-0.1, -0.05) is 27.5 Å². The van der Waals surface area contributed by atoms with Gasteiger partial charge in [-0.15, -0.1) is 0 Å². The molecular formula is C8H7BrClF2NO. The lowest BCUT2D eigenvalue weighted by molar-refractivity contribution is 0.144. The van der Waals surface area contributed by atoms with Crippen molar-refractivity contribution in [3.8, 4) is 5.75 Å². The van der Waals surface area contributed by atoms with Crippen LogP contribution >= 0.6 is 27.5 Å². The third-order valence-electron chi connectivity index (χ3n) is 1.66. The molecule has 6 heteroatoms. The van der Waals surface area contributed by atoms with Gasteiger partial charge in [-0.25, -0.2) is 8.78 Å². The van der Waals surface area contributed by atoms with Crippen LogP contribution in [0.1, 0.15) is 17.7 Å². The van der Waals surface area contributed by atoms with Crippen LogP contribution < -0.4 is 4.74 Å². The first kappa shape index (κ1) is 11.7. The van der Waals surface area contributed by atoms with Crippen LogP contribution in [0.2, 0.25) is 5.02 Å². The number of pyridine rings is 1. The summed E-state index contributed by atoms with van der Waals surface area (Å²) in [5.41, 5.74) is -0.0156. The fourth-order valence-corrected chi connectivity index (χ4v) is 1.84. The van der Waals surface area contributed by atoms with Gasteiger partial charge in [-0.3, -0.25) is 4.98 Å². The van der Waals surface area contributed by atoms with Gasteiger partial charge in [0.05, 0.1) is 7.11 Å². The first-order valence-corrected chi connectivity index (χ1v) is 5.17. The highest BCUT2D eigenvalue weighted by atomic mass is 79.9. The molecule has 0 aromatic carbocycles. The highest BCUT2D eigenvalue weighted by molar-refractivity contribution is 9.08. The lowest BCUT2D eigenvalue weighted by Gasteiger charge is -2.11. The maximum Gasteiger partial charge on any atom is 0.280 e. The molecule has 0 unspecified atom stereocenters. The van der Waals surface area contributed by atoms with Crippen molar-refractivity contribution in [2.45, 2.75) is 11.8 Å². The van der Waals surface area contributed by atoms with Crippen molar-refractivity contribution in [2.75, 3.05) is 7.11 Å². The number of rotatable bonds is 3. The summed E-state index contributed by atoms with van der Waals surface area (Å²) in [5, 5.41) is 0.454. The van der Waals surface area contributed by atoms with E-state index in [4.69, 9.17) is 16.3 Å². The summed E-state index contributed by atoms with van der Waals surface area (Å²) in [6.45, 7) is 0. The second-order valence-corrected chi connectivity index (χ2v) is 3.41. The van der Waals surface area contributed by atoms with Crippen LogP contribution in [0.4, 0.5) is 8.78 Å². The van der Waals surface area contributed by atoms with Crippen molar-refractivity contribution in [2.24, 2.45) is 0 Å². The van der Waals surface area contributed by atoms with Crippen LogP contribution in [0.5, 0.6) is 5.75 Å². The monoisotopic (exact) mass is 285 g/mol. The quantitative estimate of drug-likeness (QED) is 0.792. The summed E-state index contributed by atoms with van der Waals surface area (Å²) in [4.78, 5) is 3.57. The Balaban J connectivity index is 3.33. The Hall–Kier alpha value is -0.420. The molecule has 0 saturated heterocycles. The third kappa shape index (κ3) is 2.15. The van der Waals surface area contributed by atoms with Gasteiger partial charge in [0.25, 0.3) is 6.43 Å². The predicted molar refractivity (Wildman–Crippen MR) is 53.4 cm³/mol. The van der Waals surface area contributed by atoms with E-state index >= 15 is 0 Å². The van der Waals surface area contributed by atoms with Gasteiger partial charge in [-0.05, 0) is 0 Å². The number of ether oxygens (including phenoxy) is 1. The van der Waals surface area contributed by atoms with E-state index in [9.17, 15) is 8.78 Å². The molecule has 0 saturated carbocycles. The molecule has 0 aliphatic carbocycles. The molecule has 0 spiro atoms. The number of nitrogens with zero attached hydrogens (tertiary/aromatic N) is 1. The van der Waals surface area contributed by atoms with E-state index in [1.54, 1.807) is 0 Å². The first-order valence-electron chi connectivity index (χ1n) is 3.67. The zero-order valence-electron chi connectivity index (χ0n) is 7.23. The minimum Gasteiger partial charge on any atom is -0.495 e. The van der Waals surface area contributed by atoms with E-state index in [1.165, 1.54) is 7.11 Å². The number of aromatic nitrogens is 1. The molecule has 0 amide bonds. The van der Waals surface area contributed by atoms with E-state index in [1.807, 2.05) is 0 Å².